The highest BCUT2D eigenvalue weighted by Crippen LogP contribution is 2.18. The first-order valence-corrected chi connectivity index (χ1v) is 6.41. The van der Waals surface area contributed by atoms with Crippen molar-refractivity contribution in [3.63, 3.8) is 0 Å². The molecule has 0 spiro atoms. The van der Waals surface area contributed by atoms with Gasteiger partial charge in [0.25, 0.3) is 0 Å². The van der Waals surface area contributed by atoms with Gasteiger partial charge < -0.3 is 15.8 Å². The van der Waals surface area contributed by atoms with Gasteiger partial charge in [0.2, 0.25) is 5.91 Å². The number of amides is 1. The molecule has 1 saturated heterocycles. The number of hydrogen-bond donors (Lipinski definition) is 2. The molecule has 1 amide bonds. The molecule has 4 heteroatoms. The predicted octanol–water partition coefficient (Wildman–Crippen LogP) is 1.23. The van der Waals surface area contributed by atoms with Crippen LogP contribution in [0.5, 0.6) is 0 Å². The van der Waals surface area contributed by atoms with Crippen LogP contribution < -0.4 is 11.1 Å². The molecule has 1 aliphatic heterocycles. The van der Waals surface area contributed by atoms with Gasteiger partial charge in [-0.2, -0.15) is 0 Å². The van der Waals surface area contributed by atoms with E-state index in [2.05, 4.69) is 12.2 Å². The molecule has 0 aromatic heterocycles. The number of rotatable bonds is 4. The maximum absolute atomic E-state index is 12.1. The van der Waals surface area contributed by atoms with Gasteiger partial charge in [-0.25, -0.2) is 0 Å². The zero-order valence-electron chi connectivity index (χ0n) is 10.6. The fraction of sp³-hybridized carbons (Fsp3) is 0.500. The van der Waals surface area contributed by atoms with Gasteiger partial charge in [0, 0.05) is 6.04 Å². The summed E-state index contributed by atoms with van der Waals surface area (Å²) in [6.45, 7) is 2.96. The Morgan fingerprint density at radius 1 is 1.44 bits per heavy atom. The second-order valence-corrected chi connectivity index (χ2v) is 4.69. The van der Waals surface area contributed by atoms with Crippen molar-refractivity contribution in [2.24, 2.45) is 11.7 Å². The molecule has 1 aromatic rings. The maximum Gasteiger partial charge on any atom is 0.227 e. The number of benzene rings is 1. The van der Waals surface area contributed by atoms with Crippen LogP contribution in [0, 0.1) is 5.92 Å². The van der Waals surface area contributed by atoms with Gasteiger partial charge in [-0.05, 0) is 12.0 Å². The smallest absolute Gasteiger partial charge is 0.227 e. The molecule has 98 valence electrons. The Hall–Kier alpha value is -1.39. The topological polar surface area (TPSA) is 64.3 Å². The fourth-order valence-corrected chi connectivity index (χ4v) is 2.23. The van der Waals surface area contributed by atoms with Crippen molar-refractivity contribution in [2.45, 2.75) is 25.4 Å². The first kappa shape index (κ1) is 13.1. The Morgan fingerprint density at radius 3 is 2.72 bits per heavy atom. The fourth-order valence-electron chi connectivity index (χ4n) is 2.23. The SMILES string of the molecule is CCC(NC(=O)C1COCC1N)c1ccccc1. The molecule has 3 atom stereocenters. The van der Waals surface area contributed by atoms with Crippen molar-refractivity contribution in [1.82, 2.24) is 5.32 Å². The number of hydrogen-bond acceptors (Lipinski definition) is 3. The second kappa shape index (κ2) is 5.98. The zero-order chi connectivity index (χ0) is 13.0. The molecule has 4 nitrogen and oxygen atoms in total. The molecule has 1 heterocycles. The van der Waals surface area contributed by atoms with Crippen LogP contribution >= 0.6 is 0 Å². The first-order valence-electron chi connectivity index (χ1n) is 6.41. The van der Waals surface area contributed by atoms with E-state index in [-0.39, 0.29) is 23.9 Å². The van der Waals surface area contributed by atoms with Gasteiger partial charge in [-0.3, -0.25) is 4.79 Å². The summed E-state index contributed by atoms with van der Waals surface area (Å²) in [5, 5.41) is 3.06. The predicted molar refractivity (Wildman–Crippen MR) is 69.9 cm³/mol. The summed E-state index contributed by atoms with van der Waals surface area (Å²) in [6.07, 6.45) is 0.860. The molecule has 0 aliphatic carbocycles. The Bertz CT molecular complexity index is 394. The minimum absolute atomic E-state index is 0.00398. The van der Waals surface area contributed by atoms with Crippen LogP contribution in [0.25, 0.3) is 0 Å². The van der Waals surface area contributed by atoms with Crippen LogP contribution in [-0.4, -0.2) is 25.2 Å². The van der Waals surface area contributed by atoms with Gasteiger partial charge in [0.15, 0.2) is 0 Å². The summed E-state index contributed by atoms with van der Waals surface area (Å²) in [7, 11) is 0. The van der Waals surface area contributed by atoms with E-state index in [4.69, 9.17) is 10.5 Å². The third-order valence-corrected chi connectivity index (χ3v) is 3.39. The van der Waals surface area contributed by atoms with Crippen molar-refractivity contribution in [3.05, 3.63) is 35.9 Å². The molecule has 1 aromatic carbocycles. The van der Waals surface area contributed by atoms with E-state index in [0.29, 0.717) is 13.2 Å². The standard InChI is InChI=1S/C14H20N2O2/c1-2-13(10-6-4-3-5-7-10)16-14(17)11-8-18-9-12(11)15/h3-7,11-13H,2,8-9,15H2,1H3,(H,16,17). The Morgan fingerprint density at radius 2 is 2.17 bits per heavy atom. The van der Waals surface area contributed by atoms with Crippen LogP contribution in [0.1, 0.15) is 24.9 Å². The van der Waals surface area contributed by atoms with E-state index in [1.165, 1.54) is 0 Å². The van der Waals surface area contributed by atoms with Crippen LogP contribution in [0.4, 0.5) is 0 Å². The molecule has 3 unspecified atom stereocenters. The molecule has 0 saturated carbocycles. The molecule has 1 aliphatic rings. The van der Waals surface area contributed by atoms with E-state index in [9.17, 15) is 4.79 Å². The molecular weight excluding hydrogens is 228 g/mol. The molecule has 0 bridgehead atoms. The number of carbonyl (C=O) groups is 1. The third-order valence-electron chi connectivity index (χ3n) is 3.39. The van der Waals surface area contributed by atoms with E-state index in [1.54, 1.807) is 0 Å². The lowest BCUT2D eigenvalue weighted by Gasteiger charge is -2.21. The van der Waals surface area contributed by atoms with E-state index < -0.39 is 0 Å². The largest absolute Gasteiger partial charge is 0.379 e. The molecule has 1 fully saturated rings. The third kappa shape index (κ3) is 2.89. The van der Waals surface area contributed by atoms with Gasteiger partial charge >= 0.3 is 0 Å². The van der Waals surface area contributed by atoms with Crippen molar-refractivity contribution >= 4 is 5.91 Å². The van der Waals surface area contributed by atoms with Gasteiger partial charge in [0.05, 0.1) is 25.2 Å². The first-order chi connectivity index (χ1) is 8.72. The van der Waals surface area contributed by atoms with Crippen molar-refractivity contribution in [2.75, 3.05) is 13.2 Å². The highest BCUT2D eigenvalue weighted by molar-refractivity contribution is 5.80. The van der Waals surface area contributed by atoms with Crippen molar-refractivity contribution in [3.8, 4) is 0 Å². The summed E-state index contributed by atoms with van der Waals surface area (Å²) in [4.78, 5) is 12.1. The Balaban J connectivity index is 2.00. The summed E-state index contributed by atoms with van der Waals surface area (Å²) in [5.74, 6) is -0.224. The number of carbonyl (C=O) groups excluding carboxylic acids is 1. The average molecular weight is 248 g/mol. The average Bonchev–Trinajstić information content (AvgIpc) is 2.83. The monoisotopic (exact) mass is 248 g/mol. The minimum atomic E-state index is -0.220. The number of nitrogens with two attached hydrogens (primary N) is 1. The molecule has 3 N–H and O–H groups in total. The Labute approximate surface area is 108 Å². The summed E-state index contributed by atoms with van der Waals surface area (Å²) in [5.41, 5.74) is 6.98. The molecule has 2 rings (SSSR count). The van der Waals surface area contributed by atoms with E-state index >= 15 is 0 Å². The lowest BCUT2D eigenvalue weighted by molar-refractivity contribution is -0.126. The van der Waals surface area contributed by atoms with Gasteiger partial charge in [-0.1, -0.05) is 37.3 Å². The second-order valence-electron chi connectivity index (χ2n) is 4.69. The minimum Gasteiger partial charge on any atom is -0.379 e. The van der Waals surface area contributed by atoms with Gasteiger partial charge in [0.1, 0.15) is 0 Å². The van der Waals surface area contributed by atoms with Crippen LogP contribution in [0.15, 0.2) is 30.3 Å². The Kier molecular flexibility index (Phi) is 4.33. The van der Waals surface area contributed by atoms with Gasteiger partial charge in [-0.15, -0.1) is 0 Å². The quantitative estimate of drug-likeness (QED) is 0.842. The molecular formula is C14H20N2O2. The number of ether oxygens (including phenoxy) is 1. The van der Waals surface area contributed by atoms with Crippen LogP contribution in [0.2, 0.25) is 0 Å². The van der Waals surface area contributed by atoms with Crippen LogP contribution in [-0.2, 0) is 9.53 Å². The van der Waals surface area contributed by atoms with E-state index in [0.717, 1.165) is 12.0 Å². The molecule has 0 radical (unpaired) electrons. The maximum atomic E-state index is 12.1. The van der Waals surface area contributed by atoms with E-state index in [1.807, 2.05) is 30.3 Å². The molecule has 18 heavy (non-hydrogen) atoms. The normalized spacial score (nSPS) is 24.8. The summed E-state index contributed by atoms with van der Waals surface area (Å²) >= 11 is 0. The van der Waals surface area contributed by atoms with Crippen molar-refractivity contribution in [1.29, 1.82) is 0 Å². The van der Waals surface area contributed by atoms with Crippen LogP contribution in [0.3, 0.4) is 0 Å². The lowest BCUT2D eigenvalue weighted by Crippen LogP contribution is -2.42. The highest BCUT2D eigenvalue weighted by Gasteiger charge is 2.32. The lowest BCUT2D eigenvalue weighted by atomic mass is 10.0. The summed E-state index contributed by atoms with van der Waals surface area (Å²) < 4.78 is 5.23. The number of nitrogens with one attached hydrogen (secondary N) is 1. The highest BCUT2D eigenvalue weighted by atomic mass is 16.5. The zero-order valence-corrected chi connectivity index (χ0v) is 10.6. The summed E-state index contributed by atoms with van der Waals surface area (Å²) in [6, 6.07) is 9.85. The van der Waals surface area contributed by atoms with Crippen molar-refractivity contribution < 1.29 is 9.53 Å².